The van der Waals surface area contributed by atoms with Crippen molar-refractivity contribution < 1.29 is 0 Å². The summed E-state index contributed by atoms with van der Waals surface area (Å²) in [4.78, 5) is 5.35. The van der Waals surface area contributed by atoms with E-state index < -0.39 is 0 Å². The summed E-state index contributed by atoms with van der Waals surface area (Å²) >= 11 is 0. The molecule has 0 saturated heterocycles. The minimum absolute atomic E-state index is 0.0801. The normalized spacial score (nSPS) is 23.1. The molecule has 1 aliphatic carbocycles. The van der Waals surface area contributed by atoms with Crippen LogP contribution in [-0.4, -0.2) is 11.3 Å². The average molecular weight is 386 g/mol. The van der Waals surface area contributed by atoms with Gasteiger partial charge in [-0.15, -0.1) is 0 Å². The summed E-state index contributed by atoms with van der Waals surface area (Å²) in [5.74, 6) is 0. The molecular weight excluding hydrogens is 350 g/mol. The van der Waals surface area contributed by atoms with Crippen LogP contribution in [0.1, 0.15) is 79.0 Å². The van der Waals surface area contributed by atoms with Crippen molar-refractivity contribution in [3.8, 4) is 0 Å². The summed E-state index contributed by atoms with van der Waals surface area (Å²) in [6.45, 7) is 25.3. The van der Waals surface area contributed by atoms with Crippen LogP contribution in [0, 0.1) is 5.41 Å². The average Bonchev–Trinajstić information content (AvgIpc) is 2.59. The van der Waals surface area contributed by atoms with Crippen LogP contribution >= 0.6 is 0 Å². The fourth-order valence-corrected chi connectivity index (χ4v) is 5.09. The molecule has 0 fully saturated rings. The van der Waals surface area contributed by atoms with Crippen LogP contribution in [0.3, 0.4) is 0 Å². The van der Waals surface area contributed by atoms with Crippen LogP contribution in [-0.2, 0) is 10.8 Å². The van der Waals surface area contributed by atoms with Gasteiger partial charge in [-0.3, -0.25) is 4.99 Å². The number of fused-ring (bicyclic) bond motifs is 2. The molecule has 2 aromatic rings. The van der Waals surface area contributed by atoms with Crippen LogP contribution in [0.25, 0.3) is 10.8 Å². The predicted molar refractivity (Wildman–Crippen MR) is 127 cm³/mol. The molecule has 1 aliphatic heterocycles. The Hall–Kier alpha value is -2.15. The fraction of sp³-hybridized carbons (Fsp3) is 0.464. The monoisotopic (exact) mass is 385 g/mol. The summed E-state index contributed by atoms with van der Waals surface area (Å²) in [6.07, 6.45) is 2.41. The van der Waals surface area contributed by atoms with E-state index in [1.54, 1.807) is 0 Å². The molecule has 0 aromatic heterocycles. The zero-order chi connectivity index (χ0) is 21.6. The Balaban J connectivity index is 2.23. The lowest BCUT2D eigenvalue weighted by molar-refractivity contribution is 0.304. The maximum absolute atomic E-state index is 5.35. The van der Waals surface area contributed by atoms with Crippen molar-refractivity contribution in [2.24, 2.45) is 10.4 Å². The zero-order valence-electron chi connectivity index (χ0n) is 19.6. The third-order valence-corrected chi connectivity index (χ3v) is 7.37. The summed E-state index contributed by atoms with van der Waals surface area (Å²) in [7, 11) is 0. The van der Waals surface area contributed by atoms with Gasteiger partial charge in [-0.05, 0) is 58.4 Å². The molecule has 2 aromatic carbocycles. The first-order chi connectivity index (χ1) is 13.2. The Morgan fingerprint density at radius 3 is 2.21 bits per heavy atom. The van der Waals surface area contributed by atoms with Gasteiger partial charge >= 0.3 is 0 Å². The lowest BCUT2D eigenvalue weighted by Crippen LogP contribution is -2.49. The quantitative estimate of drug-likeness (QED) is 0.445. The molecule has 0 N–H and O–H groups in total. The molecule has 0 unspecified atom stereocenters. The number of nitrogens with zero attached hydrogens (tertiary/aromatic N) is 1. The number of rotatable bonds is 0. The van der Waals surface area contributed by atoms with E-state index in [0.29, 0.717) is 0 Å². The van der Waals surface area contributed by atoms with Crippen molar-refractivity contribution in [3.63, 3.8) is 0 Å². The zero-order valence-corrected chi connectivity index (χ0v) is 19.6. The van der Waals surface area contributed by atoms with Crippen molar-refractivity contribution in [1.29, 1.82) is 0 Å². The third kappa shape index (κ3) is 2.70. The highest BCUT2D eigenvalue weighted by Crippen LogP contribution is 2.54. The SMILES string of the molecule is C=C1C2=NC(C)(C)C(C)(C)c3c2c(cc2ccccc32)C(C)(C)/C1=C/C(C)(C)C. The number of benzene rings is 2. The van der Waals surface area contributed by atoms with E-state index in [9.17, 15) is 0 Å². The Labute approximate surface area is 176 Å². The van der Waals surface area contributed by atoms with E-state index in [0.717, 1.165) is 11.3 Å². The lowest BCUT2D eigenvalue weighted by atomic mass is 9.57. The maximum Gasteiger partial charge on any atom is 0.0729 e. The highest BCUT2D eigenvalue weighted by atomic mass is 14.9. The second kappa shape index (κ2) is 5.72. The molecule has 29 heavy (non-hydrogen) atoms. The molecule has 4 rings (SSSR count). The molecule has 152 valence electrons. The summed E-state index contributed by atoms with van der Waals surface area (Å²) in [5.41, 5.74) is 7.32. The van der Waals surface area contributed by atoms with Gasteiger partial charge in [-0.1, -0.05) is 85.4 Å². The van der Waals surface area contributed by atoms with Gasteiger partial charge in [0.2, 0.25) is 0 Å². The van der Waals surface area contributed by atoms with Crippen molar-refractivity contribution in [2.75, 3.05) is 0 Å². The lowest BCUT2D eigenvalue weighted by Gasteiger charge is -2.50. The largest absolute Gasteiger partial charge is 0.277 e. The van der Waals surface area contributed by atoms with Crippen LogP contribution in [0.2, 0.25) is 0 Å². The molecule has 0 radical (unpaired) electrons. The van der Waals surface area contributed by atoms with Crippen LogP contribution in [0.15, 0.2) is 59.1 Å². The molecule has 0 saturated carbocycles. The number of hydrogen-bond acceptors (Lipinski definition) is 1. The molecule has 1 nitrogen and oxygen atoms in total. The standard InChI is InChI=1S/C28H35N/c1-17-21(16-25(2,3)4)26(5,6)20-15-18-13-11-12-14-19(18)23-22(20)24(17)29-28(9,10)27(23,7)8/h11-16H,1H2,2-10H3/b21-16+. The molecule has 0 atom stereocenters. The van der Waals surface area contributed by atoms with Crippen molar-refractivity contribution in [1.82, 2.24) is 0 Å². The van der Waals surface area contributed by atoms with Gasteiger partial charge in [0, 0.05) is 16.4 Å². The Bertz CT molecular complexity index is 1110. The van der Waals surface area contributed by atoms with E-state index in [4.69, 9.17) is 4.99 Å². The van der Waals surface area contributed by atoms with Crippen molar-refractivity contribution >= 4 is 16.5 Å². The Morgan fingerprint density at radius 2 is 1.59 bits per heavy atom. The summed E-state index contributed by atoms with van der Waals surface area (Å²) in [5, 5.41) is 2.67. The summed E-state index contributed by atoms with van der Waals surface area (Å²) in [6, 6.07) is 11.3. The van der Waals surface area contributed by atoms with Gasteiger partial charge in [-0.25, -0.2) is 0 Å². The molecule has 0 amide bonds. The van der Waals surface area contributed by atoms with Crippen LogP contribution in [0.5, 0.6) is 0 Å². The van der Waals surface area contributed by atoms with Crippen molar-refractivity contribution in [3.05, 3.63) is 70.8 Å². The molecule has 2 aliphatic rings. The highest BCUT2D eigenvalue weighted by Gasteiger charge is 2.50. The van der Waals surface area contributed by atoms with Gasteiger partial charge in [-0.2, -0.15) is 0 Å². The third-order valence-electron chi connectivity index (χ3n) is 7.37. The first kappa shape index (κ1) is 20.1. The number of hydrogen-bond donors (Lipinski definition) is 0. The van der Waals surface area contributed by atoms with Crippen LogP contribution in [0.4, 0.5) is 0 Å². The minimum atomic E-state index is -0.214. The van der Waals surface area contributed by atoms with Crippen molar-refractivity contribution in [2.45, 2.75) is 78.7 Å². The van der Waals surface area contributed by atoms with Gasteiger partial charge in [0.15, 0.2) is 0 Å². The van der Waals surface area contributed by atoms with Crippen LogP contribution < -0.4 is 0 Å². The first-order valence-corrected chi connectivity index (χ1v) is 10.8. The fourth-order valence-electron chi connectivity index (χ4n) is 5.09. The molecule has 1 heterocycles. The van der Waals surface area contributed by atoms with E-state index in [1.807, 2.05) is 0 Å². The van der Waals surface area contributed by atoms with Gasteiger partial charge < -0.3 is 0 Å². The first-order valence-electron chi connectivity index (χ1n) is 10.8. The van der Waals surface area contributed by atoms with E-state index in [1.165, 1.54) is 33.0 Å². The van der Waals surface area contributed by atoms with Gasteiger partial charge in [0.25, 0.3) is 0 Å². The number of allylic oxidation sites excluding steroid dienone is 3. The molecule has 0 bridgehead atoms. The van der Waals surface area contributed by atoms with E-state index in [2.05, 4.69) is 105 Å². The molecule has 1 heteroatoms. The van der Waals surface area contributed by atoms with Gasteiger partial charge in [0.1, 0.15) is 0 Å². The predicted octanol–water partition coefficient (Wildman–Crippen LogP) is 7.52. The summed E-state index contributed by atoms with van der Waals surface area (Å²) < 4.78 is 0. The molecule has 0 spiro atoms. The number of aliphatic imine (C=N–C) groups is 1. The maximum atomic E-state index is 5.35. The second-order valence-electron chi connectivity index (χ2n) is 11.6. The highest BCUT2D eigenvalue weighted by molar-refractivity contribution is 6.22. The minimum Gasteiger partial charge on any atom is -0.277 e. The van der Waals surface area contributed by atoms with E-state index >= 15 is 0 Å². The van der Waals surface area contributed by atoms with Gasteiger partial charge in [0.05, 0.1) is 11.3 Å². The Morgan fingerprint density at radius 1 is 0.966 bits per heavy atom. The van der Waals surface area contributed by atoms with E-state index in [-0.39, 0.29) is 21.8 Å². The second-order valence-corrected chi connectivity index (χ2v) is 11.6. The topological polar surface area (TPSA) is 12.4 Å². The smallest absolute Gasteiger partial charge is 0.0729 e. The Kier molecular flexibility index (Phi) is 3.97. The molecular formula is C28H35N.